The molecule has 0 aliphatic rings. The largest absolute Gasteiger partial charge is 0.479 e. The SMILES string of the molecule is O=C(CCS(=O)(=O)c1ccccc1)NCC#CCOc1ccccc1Cl. The number of amides is 1. The first-order chi connectivity index (χ1) is 12.5. The summed E-state index contributed by atoms with van der Waals surface area (Å²) in [5.74, 6) is 5.41. The summed E-state index contributed by atoms with van der Waals surface area (Å²) < 4.78 is 29.5. The molecule has 0 fully saturated rings. The molecule has 0 aliphatic carbocycles. The molecule has 7 heteroatoms. The fourth-order valence-corrected chi connectivity index (χ4v) is 3.44. The molecule has 0 aliphatic heterocycles. The monoisotopic (exact) mass is 391 g/mol. The maximum Gasteiger partial charge on any atom is 0.221 e. The van der Waals surface area contributed by atoms with Crippen molar-refractivity contribution in [2.45, 2.75) is 11.3 Å². The van der Waals surface area contributed by atoms with E-state index in [4.69, 9.17) is 16.3 Å². The Morgan fingerprint density at radius 2 is 1.73 bits per heavy atom. The summed E-state index contributed by atoms with van der Waals surface area (Å²) in [7, 11) is -3.46. The molecule has 5 nitrogen and oxygen atoms in total. The Morgan fingerprint density at radius 3 is 2.46 bits per heavy atom. The molecule has 0 heterocycles. The van der Waals surface area contributed by atoms with Crippen LogP contribution in [0, 0.1) is 11.8 Å². The summed E-state index contributed by atoms with van der Waals surface area (Å²) in [6, 6.07) is 15.1. The van der Waals surface area contributed by atoms with Crippen LogP contribution >= 0.6 is 11.6 Å². The van der Waals surface area contributed by atoms with Gasteiger partial charge in [0.2, 0.25) is 5.91 Å². The molecular weight excluding hydrogens is 374 g/mol. The van der Waals surface area contributed by atoms with E-state index in [2.05, 4.69) is 17.2 Å². The van der Waals surface area contributed by atoms with Gasteiger partial charge in [-0.15, -0.1) is 0 Å². The molecule has 26 heavy (non-hydrogen) atoms. The van der Waals surface area contributed by atoms with Crippen LogP contribution in [0.1, 0.15) is 6.42 Å². The molecular formula is C19H18ClNO4S. The van der Waals surface area contributed by atoms with Crippen molar-refractivity contribution in [3.63, 3.8) is 0 Å². The van der Waals surface area contributed by atoms with E-state index in [9.17, 15) is 13.2 Å². The third-order valence-corrected chi connectivity index (χ3v) is 5.38. The molecule has 0 radical (unpaired) electrons. The second-order valence-corrected chi connectivity index (χ2v) is 7.75. The van der Waals surface area contributed by atoms with Crippen molar-refractivity contribution >= 4 is 27.3 Å². The fourth-order valence-electron chi connectivity index (χ4n) is 1.99. The average Bonchev–Trinajstić information content (AvgIpc) is 2.65. The lowest BCUT2D eigenvalue weighted by Gasteiger charge is -2.04. The fraction of sp³-hybridized carbons (Fsp3) is 0.211. The van der Waals surface area contributed by atoms with Crippen molar-refractivity contribution in [3.05, 3.63) is 59.6 Å². The molecule has 2 aromatic rings. The van der Waals surface area contributed by atoms with E-state index in [0.717, 1.165) is 0 Å². The van der Waals surface area contributed by atoms with Crippen molar-refractivity contribution in [1.82, 2.24) is 5.32 Å². The van der Waals surface area contributed by atoms with Gasteiger partial charge in [0, 0.05) is 6.42 Å². The number of halogens is 1. The lowest BCUT2D eigenvalue weighted by molar-refractivity contribution is -0.120. The predicted molar refractivity (Wildman–Crippen MR) is 101 cm³/mol. The molecule has 0 aromatic heterocycles. The third kappa shape index (κ3) is 6.43. The number of nitrogens with one attached hydrogen (secondary N) is 1. The summed E-state index contributed by atoms with van der Waals surface area (Å²) in [6.07, 6.45) is -0.116. The van der Waals surface area contributed by atoms with Gasteiger partial charge < -0.3 is 10.1 Å². The smallest absolute Gasteiger partial charge is 0.221 e. The Kier molecular flexibility index (Phi) is 7.52. The molecule has 0 bridgehead atoms. The summed E-state index contributed by atoms with van der Waals surface area (Å²) in [6.45, 7) is 0.262. The van der Waals surface area contributed by atoms with Crippen LogP contribution < -0.4 is 10.1 Å². The van der Waals surface area contributed by atoms with Gasteiger partial charge in [-0.1, -0.05) is 53.8 Å². The lowest BCUT2D eigenvalue weighted by Crippen LogP contribution is -2.26. The number of benzene rings is 2. The third-order valence-electron chi connectivity index (χ3n) is 3.34. The standard InChI is InChI=1S/C19H18ClNO4S/c20-17-10-4-5-11-18(17)25-14-7-6-13-21-19(22)12-15-26(23,24)16-8-2-1-3-9-16/h1-5,8-11H,12-15H2,(H,21,22). The van der Waals surface area contributed by atoms with E-state index in [0.29, 0.717) is 10.8 Å². The van der Waals surface area contributed by atoms with Crippen LogP contribution in [0.25, 0.3) is 0 Å². The Hall–Kier alpha value is -2.49. The van der Waals surface area contributed by atoms with Crippen LogP contribution in [0.4, 0.5) is 0 Å². The quantitative estimate of drug-likeness (QED) is 0.736. The molecule has 0 saturated heterocycles. The number of carbonyl (C=O) groups is 1. The molecule has 0 saturated carbocycles. The van der Waals surface area contributed by atoms with Gasteiger partial charge in [-0.05, 0) is 24.3 Å². The minimum atomic E-state index is -3.46. The normalized spacial score (nSPS) is 10.5. The molecule has 0 spiro atoms. The molecule has 1 amide bonds. The number of carbonyl (C=O) groups excluding carboxylic acids is 1. The van der Waals surface area contributed by atoms with Crippen molar-refractivity contribution in [2.75, 3.05) is 18.9 Å². The highest BCUT2D eigenvalue weighted by molar-refractivity contribution is 7.91. The number of para-hydroxylation sites is 1. The molecule has 136 valence electrons. The number of ether oxygens (including phenoxy) is 1. The Labute approximate surface area is 158 Å². The van der Waals surface area contributed by atoms with E-state index < -0.39 is 9.84 Å². The topological polar surface area (TPSA) is 72.5 Å². The highest BCUT2D eigenvalue weighted by Gasteiger charge is 2.15. The Balaban J connectivity index is 1.69. The zero-order valence-corrected chi connectivity index (χ0v) is 15.5. The average molecular weight is 392 g/mol. The summed E-state index contributed by atoms with van der Waals surface area (Å²) in [5, 5.41) is 3.06. The minimum absolute atomic E-state index is 0.116. The number of hydrogen-bond acceptors (Lipinski definition) is 4. The first-order valence-corrected chi connectivity index (χ1v) is 9.89. The summed E-state index contributed by atoms with van der Waals surface area (Å²) in [5.41, 5.74) is 0. The lowest BCUT2D eigenvalue weighted by atomic mass is 10.3. The Morgan fingerprint density at radius 1 is 1.04 bits per heavy atom. The molecule has 0 unspecified atom stereocenters. The molecule has 2 rings (SSSR count). The van der Waals surface area contributed by atoms with Gasteiger partial charge in [-0.2, -0.15) is 0 Å². The first-order valence-electron chi connectivity index (χ1n) is 7.86. The van der Waals surface area contributed by atoms with E-state index >= 15 is 0 Å². The van der Waals surface area contributed by atoms with Gasteiger partial charge in [0.15, 0.2) is 9.84 Å². The van der Waals surface area contributed by atoms with Gasteiger partial charge in [0.05, 0.1) is 22.2 Å². The van der Waals surface area contributed by atoms with Gasteiger partial charge in [0.1, 0.15) is 12.4 Å². The maximum atomic E-state index is 12.1. The predicted octanol–water partition coefficient (Wildman–Crippen LogP) is 2.70. The van der Waals surface area contributed by atoms with Gasteiger partial charge >= 0.3 is 0 Å². The van der Waals surface area contributed by atoms with Crippen LogP contribution in [0.2, 0.25) is 5.02 Å². The number of rotatable bonds is 7. The van der Waals surface area contributed by atoms with Gasteiger partial charge in [-0.25, -0.2) is 8.42 Å². The van der Waals surface area contributed by atoms with E-state index in [-0.39, 0.29) is 36.1 Å². The van der Waals surface area contributed by atoms with Crippen LogP contribution in [-0.2, 0) is 14.6 Å². The van der Waals surface area contributed by atoms with Crippen LogP contribution in [0.3, 0.4) is 0 Å². The van der Waals surface area contributed by atoms with Crippen molar-refractivity contribution < 1.29 is 17.9 Å². The summed E-state index contributed by atoms with van der Waals surface area (Å²) >= 11 is 5.94. The molecule has 2 aromatic carbocycles. The second kappa shape index (κ2) is 9.85. The minimum Gasteiger partial charge on any atom is -0.479 e. The molecule has 1 N–H and O–H groups in total. The van der Waals surface area contributed by atoms with Crippen LogP contribution in [-0.4, -0.2) is 33.2 Å². The first kappa shape index (κ1) is 19.8. The maximum absolute atomic E-state index is 12.1. The van der Waals surface area contributed by atoms with Crippen molar-refractivity contribution in [3.8, 4) is 17.6 Å². The highest BCUT2D eigenvalue weighted by Crippen LogP contribution is 2.22. The number of sulfone groups is 1. The number of hydrogen-bond donors (Lipinski definition) is 1. The van der Waals surface area contributed by atoms with Gasteiger partial charge in [0.25, 0.3) is 0 Å². The zero-order chi connectivity index (χ0) is 18.8. The van der Waals surface area contributed by atoms with Crippen LogP contribution in [0.5, 0.6) is 5.75 Å². The highest BCUT2D eigenvalue weighted by atomic mass is 35.5. The van der Waals surface area contributed by atoms with E-state index in [1.54, 1.807) is 42.5 Å². The second-order valence-electron chi connectivity index (χ2n) is 5.23. The summed E-state index contributed by atoms with van der Waals surface area (Å²) in [4.78, 5) is 11.9. The van der Waals surface area contributed by atoms with Gasteiger partial charge in [-0.3, -0.25) is 4.79 Å². The zero-order valence-electron chi connectivity index (χ0n) is 13.9. The van der Waals surface area contributed by atoms with Crippen molar-refractivity contribution in [2.24, 2.45) is 0 Å². The Bertz CT molecular complexity index is 902. The molecule has 0 atom stereocenters. The van der Waals surface area contributed by atoms with E-state index in [1.807, 2.05) is 0 Å². The van der Waals surface area contributed by atoms with E-state index in [1.165, 1.54) is 12.1 Å². The van der Waals surface area contributed by atoms with Crippen LogP contribution in [0.15, 0.2) is 59.5 Å². The van der Waals surface area contributed by atoms with Crippen molar-refractivity contribution in [1.29, 1.82) is 0 Å².